The Labute approximate surface area is 161 Å². The summed E-state index contributed by atoms with van der Waals surface area (Å²) in [5.41, 5.74) is 1.78. The molecule has 1 aromatic carbocycles. The molecule has 0 bridgehead atoms. The summed E-state index contributed by atoms with van der Waals surface area (Å²) in [5.74, 6) is -0.0549. The molecule has 0 unspecified atom stereocenters. The van der Waals surface area contributed by atoms with Crippen molar-refractivity contribution in [3.8, 4) is 0 Å². The second-order valence-corrected chi connectivity index (χ2v) is 7.95. The zero-order valence-electron chi connectivity index (χ0n) is 15.1. The third-order valence-corrected chi connectivity index (χ3v) is 5.95. The summed E-state index contributed by atoms with van der Waals surface area (Å²) in [6, 6.07) is 7.30. The van der Waals surface area contributed by atoms with E-state index in [0.717, 1.165) is 18.5 Å². The van der Waals surface area contributed by atoms with Crippen LogP contribution in [0.1, 0.15) is 42.7 Å². The summed E-state index contributed by atoms with van der Waals surface area (Å²) in [7, 11) is 0. The fourth-order valence-corrected chi connectivity index (χ4v) is 4.51. The third kappa shape index (κ3) is 4.08. The molecular formula is C20H22N4O2S. The Hall–Kier alpha value is -2.54. The van der Waals surface area contributed by atoms with Gasteiger partial charge in [0.2, 0.25) is 5.91 Å². The van der Waals surface area contributed by atoms with E-state index in [0.29, 0.717) is 35.4 Å². The molecule has 0 atom stereocenters. The number of aromatic nitrogens is 3. The predicted octanol–water partition coefficient (Wildman–Crippen LogP) is 3.54. The predicted molar refractivity (Wildman–Crippen MR) is 107 cm³/mol. The molecule has 0 saturated carbocycles. The van der Waals surface area contributed by atoms with Gasteiger partial charge in [0.1, 0.15) is 0 Å². The molecule has 2 heterocycles. The van der Waals surface area contributed by atoms with Crippen molar-refractivity contribution in [2.24, 2.45) is 0 Å². The Morgan fingerprint density at radius 1 is 1.19 bits per heavy atom. The van der Waals surface area contributed by atoms with E-state index >= 15 is 0 Å². The van der Waals surface area contributed by atoms with Gasteiger partial charge in [-0.25, -0.2) is 9.97 Å². The largest absolute Gasteiger partial charge is 0.302 e. The van der Waals surface area contributed by atoms with Gasteiger partial charge in [-0.05, 0) is 44.2 Å². The highest BCUT2D eigenvalue weighted by Crippen LogP contribution is 2.28. The molecule has 1 aliphatic carbocycles. The number of amides is 1. The first kappa shape index (κ1) is 17.9. The number of fused-ring (bicyclic) bond motifs is 2. The van der Waals surface area contributed by atoms with Crippen LogP contribution in [-0.2, 0) is 24.2 Å². The highest BCUT2D eigenvalue weighted by atomic mass is 32.1. The van der Waals surface area contributed by atoms with Crippen LogP contribution in [0.3, 0.4) is 0 Å². The number of nitrogens with one attached hydrogen (secondary N) is 1. The average molecular weight is 382 g/mol. The van der Waals surface area contributed by atoms with Crippen LogP contribution in [0.5, 0.6) is 0 Å². The SMILES string of the molecule is O=C(CCCn1cnc2ccccc2c1=O)Nc1nc2c(s1)CCCCC2. The van der Waals surface area contributed by atoms with Gasteiger partial charge in [-0.2, -0.15) is 0 Å². The number of carbonyl (C=O) groups excluding carboxylic acids is 1. The number of benzene rings is 1. The molecule has 0 spiro atoms. The lowest BCUT2D eigenvalue weighted by Crippen LogP contribution is -2.21. The summed E-state index contributed by atoms with van der Waals surface area (Å²) >= 11 is 1.60. The molecule has 0 aliphatic heterocycles. The summed E-state index contributed by atoms with van der Waals surface area (Å²) in [6.07, 6.45) is 8.21. The number of hydrogen-bond donors (Lipinski definition) is 1. The van der Waals surface area contributed by atoms with E-state index in [4.69, 9.17) is 0 Å². The van der Waals surface area contributed by atoms with Gasteiger partial charge in [0, 0.05) is 17.8 Å². The maximum Gasteiger partial charge on any atom is 0.261 e. The topological polar surface area (TPSA) is 76.9 Å². The first-order valence-corrected chi connectivity index (χ1v) is 10.2. The van der Waals surface area contributed by atoms with E-state index in [-0.39, 0.29) is 11.5 Å². The number of carbonyl (C=O) groups is 1. The summed E-state index contributed by atoms with van der Waals surface area (Å²) < 4.78 is 1.57. The lowest BCUT2D eigenvalue weighted by molar-refractivity contribution is -0.116. The van der Waals surface area contributed by atoms with Crippen LogP contribution < -0.4 is 10.9 Å². The van der Waals surface area contributed by atoms with Gasteiger partial charge in [0.15, 0.2) is 5.13 Å². The normalized spacial score (nSPS) is 13.9. The first-order chi connectivity index (χ1) is 13.2. The third-order valence-electron chi connectivity index (χ3n) is 4.88. The zero-order valence-corrected chi connectivity index (χ0v) is 15.9. The van der Waals surface area contributed by atoms with Crippen LogP contribution in [-0.4, -0.2) is 20.4 Å². The quantitative estimate of drug-likeness (QED) is 0.685. The molecule has 0 saturated heterocycles. The minimum Gasteiger partial charge on any atom is -0.302 e. The van der Waals surface area contributed by atoms with Gasteiger partial charge in [0.25, 0.3) is 5.56 Å². The first-order valence-electron chi connectivity index (χ1n) is 9.43. The highest BCUT2D eigenvalue weighted by molar-refractivity contribution is 7.15. The second kappa shape index (κ2) is 8.00. The Bertz CT molecular complexity index is 1000. The molecule has 6 nitrogen and oxygen atoms in total. The van der Waals surface area contributed by atoms with Crippen LogP contribution in [0.25, 0.3) is 10.9 Å². The van der Waals surface area contributed by atoms with Crippen molar-refractivity contribution in [1.29, 1.82) is 0 Å². The number of para-hydroxylation sites is 1. The van der Waals surface area contributed by atoms with E-state index in [1.54, 1.807) is 28.3 Å². The molecule has 0 radical (unpaired) electrons. The Kier molecular flexibility index (Phi) is 5.29. The molecule has 3 aromatic rings. The van der Waals surface area contributed by atoms with Crippen LogP contribution in [0, 0.1) is 0 Å². The molecule has 4 rings (SSSR count). The maximum atomic E-state index is 12.4. The lowest BCUT2D eigenvalue weighted by Gasteiger charge is -2.06. The molecule has 27 heavy (non-hydrogen) atoms. The highest BCUT2D eigenvalue weighted by Gasteiger charge is 2.15. The second-order valence-electron chi connectivity index (χ2n) is 6.86. The molecule has 1 amide bonds. The standard InChI is InChI=1S/C20H22N4O2S/c25-18(23-20-22-16-9-2-1-3-10-17(16)27-20)11-6-12-24-13-21-15-8-5-4-7-14(15)19(24)26/h4-5,7-8,13H,1-3,6,9-12H2,(H,22,23,25). The van der Waals surface area contributed by atoms with Crippen molar-refractivity contribution in [3.05, 3.63) is 51.5 Å². The zero-order chi connectivity index (χ0) is 18.6. The van der Waals surface area contributed by atoms with Crippen molar-refractivity contribution < 1.29 is 4.79 Å². The van der Waals surface area contributed by atoms with E-state index < -0.39 is 0 Å². The van der Waals surface area contributed by atoms with Crippen LogP contribution in [0.2, 0.25) is 0 Å². The van der Waals surface area contributed by atoms with E-state index in [1.807, 2.05) is 18.2 Å². The molecule has 140 valence electrons. The number of nitrogens with zero attached hydrogens (tertiary/aromatic N) is 3. The lowest BCUT2D eigenvalue weighted by atomic mass is 10.2. The van der Waals surface area contributed by atoms with Gasteiger partial charge >= 0.3 is 0 Å². The van der Waals surface area contributed by atoms with Crippen LogP contribution >= 0.6 is 11.3 Å². The number of rotatable bonds is 5. The Morgan fingerprint density at radius 3 is 2.96 bits per heavy atom. The minimum absolute atomic E-state index is 0.0549. The number of thiazole rings is 1. The van der Waals surface area contributed by atoms with E-state index in [9.17, 15) is 9.59 Å². The van der Waals surface area contributed by atoms with Crippen molar-refractivity contribution in [1.82, 2.24) is 14.5 Å². The summed E-state index contributed by atoms with van der Waals surface area (Å²) in [4.78, 5) is 34.9. The van der Waals surface area contributed by atoms with Gasteiger partial charge < -0.3 is 5.32 Å². The summed E-state index contributed by atoms with van der Waals surface area (Å²) in [6.45, 7) is 0.471. The van der Waals surface area contributed by atoms with E-state index in [1.165, 1.54) is 24.1 Å². The fraction of sp³-hybridized carbons (Fsp3) is 0.400. The monoisotopic (exact) mass is 382 g/mol. The fourth-order valence-electron chi connectivity index (χ4n) is 3.44. The maximum absolute atomic E-state index is 12.4. The molecular weight excluding hydrogens is 360 g/mol. The van der Waals surface area contributed by atoms with Crippen molar-refractivity contribution in [2.45, 2.75) is 51.5 Å². The number of hydrogen-bond acceptors (Lipinski definition) is 5. The number of anilines is 1. The van der Waals surface area contributed by atoms with Crippen LogP contribution in [0.15, 0.2) is 35.4 Å². The average Bonchev–Trinajstić information content (AvgIpc) is 2.91. The van der Waals surface area contributed by atoms with Gasteiger partial charge in [-0.1, -0.05) is 18.6 Å². The molecule has 7 heteroatoms. The van der Waals surface area contributed by atoms with Crippen LogP contribution in [0.4, 0.5) is 5.13 Å². The summed E-state index contributed by atoms with van der Waals surface area (Å²) in [5, 5.41) is 4.23. The van der Waals surface area contributed by atoms with Crippen molar-refractivity contribution >= 4 is 33.3 Å². The Morgan fingerprint density at radius 2 is 2.04 bits per heavy atom. The van der Waals surface area contributed by atoms with Gasteiger partial charge in [-0.3, -0.25) is 14.2 Å². The van der Waals surface area contributed by atoms with Gasteiger partial charge in [-0.15, -0.1) is 11.3 Å². The van der Waals surface area contributed by atoms with Crippen molar-refractivity contribution in [2.75, 3.05) is 5.32 Å². The molecule has 1 aliphatic rings. The number of aryl methyl sites for hydroxylation is 3. The Balaban J connectivity index is 1.34. The smallest absolute Gasteiger partial charge is 0.261 e. The molecule has 1 N–H and O–H groups in total. The molecule has 2 aromatic heterocycles. The van der Waals surface area contributed by atoms with E-state index in [2.05, 4.69) is 15.3 Å². The van der Waals surface area contributed by atoms with Gasteiger partial charge in [0.05, 0.1) is 22.9 Å². The minimum atomic E-state index is -0.0651. The van der Waals surface area contributed by atoms with Crippen molar-refractivity contribution in [3.63, 3.8) is 0 Å². The molecule has 0 fully saturated rings.